The monoisotopic (exact) mass is 417 g/mol. The number of nitrogens with zero attached hydrogens (tertiary/aromatic N) is 2. The van der Waals surface area contributed by atoms with Crippen LogP contribution in [0.3, 0.4) is 0 Å². The predicted octanol–water partition coefficient (Wildman–Crippen LogP) is 4.28. The average molecular weight is 418 g/mol. The molecule has 3 rings (SSSR count). The molecule has 1 saturated heterocycles. The molecule has 0 radical (unpaired) electrons. The van der Waals surface area contributed by atoms with Gasteiger partial charge in [0, 0.05) is 22.8 Å². The fourth-order valence-electron chi connectivity index (χ4n) is 2.68. The molecular formula is C19H16ClN3O2S2. The minimum Gasteiger partial charge on any atom is -0.336 e. The van der Waals surface area contributed by atoms with E-state index in [0.29, 0.717) is 20.9 Å². The summed E-state index contributed by atoms with van der Waals surface area (Å²) in [5, 5.41) is 3.11. The summed E-state index contributed by atoms with van der Waals surface area (Å²) in [6.45, 7) is 4.01. The van der Waals surface area contributed by atoms with Crippen LogP contribution in [0.2, 0.25) is 5.02 Å². The second kappa shape index (κ2) is 7.72. The number of amides is 2. The zero-order valence-corrected chi connectivity index (χ0v) is 17.0. The molecule has 2 amide bonds. The van der Waals surface area contributed by atoms with Crippen LogP contribution >= 0.6 is 36.0 Å². The summed E-state index contributed by atoms with van der Waals surface area (Å²) in [6, 6.07) is 10.4. The van der Waals surface area contributed by atoms with E-state index in [9.17, 15) is 9.59 Å². The van der Waals surface area contributed by atoms with Crippen LogP contribution in [-0.2, 0) is 9.59 Å². The third kappa shape index (κ3) is 3.85. The molecular weight excluding hydrogens is 402 g/mol. The number of aromatic nitrogens is 1. The minimum absolute atomic E-state index is 0.0216. The van der Waals surface area contributed by atoms with E-state index >= 15 is 0 Å². The number of carbonyl (C=O) groups is 2. The van der Waals surface area contributed by atoms with Crippen LogP contribution in [-0.4, -0.2) is 21.5 Å². The van der Waals surface area contributed by atoms with Gasteiger partial charge in [0.25, 0.3) is 11.8 Å². The number of anilines is 1. The van der Waals surface area contributed by atoms with Crippen molar-refractivity contribution in [2.45, 2.75) is 19.9 Å². The molecule has 2 aromatic rings. The third-order valence-corrected chi connectivity index (χ3v) is 5.03. The highest BCUT2D eigenvalue weighted by atomic mass is 35.5. The summed E-state index contributed by atoms with van der Waals surface area (Å²) in [5.74, 6) is -1.06. The Morgan fingerprint density at radius 1 is 1.11 bits per heavy atom. The van der Waals surface area contributed by atoms with Crippen molar-refractivity contribution in [3.63, 3.8) is 0 Å². The summed E-state index contributed by atoms with van der Waals surface area (Å²) in [5.41, 5.74) is 1.10. The van der Waals surface area contributed by atoms with E-state index in [2.05, 4.69) is 5.32 Å². The van der Waals surface area contributed by atoms with Gasteiger partial charge in [-0.1, -0.05) is 29.9 Å². The fraction of sp³-hybridized carbons (Fsp3) is 0.158. The Morgan fingerprint density at radius 3 is 2.41 bits per heavy atom. The minimum atomic E-state index is -0.551. The third-order valence-electron chi connectivity index (χ3n) is 4.05. The molecule has 2 heterocycles. The maximum Gasteiger partial charge on any atom is 0.270 e. The van der Waals surface area contributed by atoms with Crippen LogP contribution in [0, 0.1) is 4.64 Å². The van der Waals surface area contributed by atoms with Gasteiger partial charge in [0.2, 0.25) is 0 Å². The van der Waals surface area contributed by atoms with Gasteiger partial charge in [-0.25, -0.2) is 0 Å². The Balaban J connectivity index is 2.06. The summed E-state index contributed by atoms with van der Waals surface area (Å²) in [6.07, 6.45) is 3.37. The second-order valence-electron chi connectivity index (χ2n) is 6.20. The zero-order chi connectivity index (χ0) is 19.7. The van der Waals surface area contributed by atoms with Gasteiger partial charge in [0.15, 0.2) is 5.11 Å². The van der Waals surface area contributed by atoms with Gasteiger partial charge in [-0.2, -0.15) is 0 Å². The molecule has 1 aromatic carbocycles. The first-order valence-electron chi connectivity index (χ1n) is 8.18. The first-order valence-corrected chi connectivity index (χ1v) is 9.37. The lowest BCUT2D eigenvalue weighted by Crippen LogP contribution is -2.54. The van der Waals surface area contributed by atoms with Crippen LogP contribution in [0.25, 0.3) is 6.08 Å². The molecule has 5 nitrogen and oxygen atoms in total. The number of rotatable bonds is 3. The summed E-state index contributed by atoms with van der Waals surface area (Å²) in [7, 11) is 0. The molecule has 0 spiro atoms. The fourth-order valence-corrected chi connectivity index (χ4v) is 3.49. The molecule has 8 heteroatoms. The first-order chi connectivity index (χ1) is 12.8. The van der Waals surface area contributed by atoms with Gasteiger partial charge < -0.3 is 4.57 Å². The summed E-state index contributed by atoms with van der Waals surface area (Å²) < 4.78 is 2.45. The standard InChI is InChI=1S/C19H16ClN3O2S2/c1-11(2)22-9-3-4-12(18(22)26)10-15-16(24)21-19(27)23(17(15)25)14-7-5-13(20)6-8-14/h3-11H,1-2H3,(H,21,24,27). The highest BCUT2D eigenvalue weighted by Crippen LogP contribution is 2.24. The molecule has 0 saturated carbocycles. The molecule has 138 valence electrons. The Bertz CT molecular complexity index is 1030. The molecule has 0 bridgehead atoms. The normalized spacial score (nSPS) is 16.2. The maximum atomic E-state index is 13.0. The van der Waals surface area contributed by atoms with Gasteiger partial charge >= 0.3 is 0 Å². The number of hydrogen-bond acceptors (Lipinski definition) is 4. The van der Waals surface area contributed by atoms with E-state index in [0.717, 1.165) is 0 Å². The van der Waals surface area contributed by atoms with E-state index in [-0.39, 0.29) is 16.7 Å². The Hall–Kier alpha value is -2.35. The van der Waals surface area contributed by atoms with Crippen molar-refractivity contribution < 1.29 is 9.59 Å². The summed E-state index contributed by atoms with van der Waals surface area (Å²) >= 11 is 16.6. The SMILES string of the molecule is CC(C)n1cccc(C=C2C(=O)NC(=S)N(c3ccc(Cl)cc3)C2=O)c1=S. The van der Waals surface area contributed by atoms with Crippen LogP contribution in [0.1, 0.15) is 25.5 Å². The van der Waals surface area contributed by atoms with Crippen molar-refractivity contribution in [2.24, 2.45) is 0 Å². The number of halogens is 1. The van der Waals surface area contributed by atoms with E-state index in [1.54, 1.807) is 30.3 Å². The van der Waals surface area contributed by atoms with Crippen molar-refractivity contribution in [3.8, 4) is 0 Å². The lowest BCUT2D eigenvalue weighted by Gasteiger charge is -2.29. The van der Waals surface area contributed by atoms with Crippen LogP contribution in [0.5, 0.6) is 0 Å². The smallest absolute Gasteiger partial charge is 0.270 e. The number of carbonyl (C=O) groups excluding carboxylic acids is 2. The molecule has 1 fully saturated rings. The highest BCUT2D eigenvalue weighted by Gasteiger charge is 2.34. The molecule has 0 aliphatic carbocycles. The Kier molecular flexibility index (Phi) is 5.55. The lowest BCUT2D eigenvalue weighted by molar-refractivity contribution is -0.122. The Labute approximate surface area is 172 Å². The van der Waals surface area contributed by atoms with Crippen molar-refractivity contribution in [1.29, 1.82) is 0 Å². The molecule has 1 aliphatic heterocycles. The van der Waals surface area contributed by atoms with Crippen LogP contribution < -0.4 is 10.2 Å². The zero-order valence-electron chi connectivity index (χ0n) is 14.6. The van der Waals surface area contributed by atoms with Gasteiger partial charge in [-0.15, -0.1) is 0 Å². The first kappa shape index (κ1) is 19.4. The van der Waals surface area contributed by atoms with Crippen molar-refractivity contribution >= 4 is 64.7 Å². The van der Waals surface area contributed by atoms with Crippen LogP contribution in [0.15, 0.2) is 48.2 Å². The second-order valence-corrected chi connectivity index (χ2v) is 7.41. The summed E-state index contributed by atoms with van der Waals surface area (Å²) in [4.78, 5) is 26.7. The molecule has 1 aromatic heterocycles. The number of thiocarbonyl (C=S) groups is 1. The van der Waals surface area contributed by atoms with Crippen molar-refractivity contribution in [3.05, 3.63) is 63.4 Å². The molecule has 1 N–H and O–H groups in total. The van der Waals surface area contributed by atoms with Crippen molar-refractivity contribution in [2.75, 3.05) is 4.90 Å². The van der Waals surface area contributed by atoms with Gasteiger partial charge in [0.05, 0.1) is 5.69 Å². The molecule has 27 heavy (non-hydrogen) atoms. The van der Waals surface area contributed by atoms with E-state index in [1.165, 1.54) is 11.0 Å². The van der Waals surface area contributed by atoms with Crippen LogP contribution in [0.4, 0.5) is 5.69 Å². The number of pyridine rings is 1. The maximum absolute atomic E-state index is 13.0. The lowest BCUT2D eigenvalue weighted by atomic mass is 10.1. The number of nitrogens with one attached hydrogen (secondary N) is 1. The number of benzene rings is 1. The molecule has 0 atom stereocenters. The van der Waals surface area contributed by atoms with E-state index < -0.39 is 11.8 Å². The van der Waals surface area contributed by atoms with Gasteiger partial charge in [-0.3, -0.25) is 19.8 Å². The quantitative estimate of drug-likeness (QED) is 0.460. The average Bonchev–Trinajstić information content (AvgIpc) is 2.61. The van der Waals surface area contributed by atoms with Gasteiger partial charge in [0.1, 0.15) is 10.2 Å². The Morgan fingerprint density at radius 2 is 1.78 bits per heavy atom. The largest absolute Gasteiger partial charge is 0.336 e. The van der Waals surface area contributed by atoms with Gasteiger partial charge in [-0.05, 0) is 62.5 Å². The highest BCUT2D eigenvalue weighted by molar-refractivity contribution is 7.80. The van der Waals surface area contributed by atoms with E-state index in [1.807, 2.05) is 30.7 Å². The molecule has 0 unspecified atom stereocenters. The van der Waals surface area contributed by atoms with E-state index in [4.69, 9.17) is 36.0 Å². The molecule has 1 aliphatic rings. The van der Waals surface area contributed by atoms with Crippen molar-refractivity contribution in [1.82, 2.24) is 9.88 Å². The number of hydrogen-bond donors (Lipinski definition) is 1. The topological polar surface area (TPSA) is 54.3 Å². The predicted molar refractivity (Wildman–Crippen MR) is 113 cm³/mol.